The molecule has 1 aromatic rings. The van der Waals surface area contributed by atoms with Crippen LogP contribution in [0.1, 0.15) is 6.92 Å². The number of benzene rings is 1. The Balaban J connectivity index is 2.35. The zero-order valence-corrected chi connectivity index (χ0v) is 13.7. The van der Waals surface area contributed by atoms with Gasteiger partial charge >= 0.3 is 0 Å². The van der Waals surface area contributed by atoms with Gasteiger partial charge in [0.2, 0.25) is 10.0 Å². The second kappa shape index (κ2) is 5.83. The lowest BCUT2D eigenvalue weighted by molar-refractivity contribution is 0.521. The number of hydrogen-bond acceptors (Lipinski definition) is 5. The maximum absolute atomic E-state index is 12.1. The fraction of sp³-hybridized carbons (Fsp3) is 0.538. The molecule has 7 heteroatoms. The number of hydrogen-bond donors (Lipinski definition) is 1. The fourth-order valence-corrected chi connectivity index (χ4v) is 4.20. The first-order valence-electron chi connectivity index (χ1n) is 6.50. The number of nitrogens with two attached hydrogens (primary N) is 1. The molecule has 1 fully saturated rings. The maximum Gasteiger partial charge on any atom is 0.242 e. The van der Waals surface area contributed by atoms with Crippen LogP contribution in [-0.4, -0.2) is 50.9 Å². The fourth-order valence-electron chi connectivity index (χ4n) is 2.25. The third-order valence-corrected chi connectivity index (χ3v) is 6.46. The molecule has 2 N–H and O–H groups in total. The third-order valence-electron chi connectivity index (χ3n) is 3.45. The van der Waals surface area contributed by atoms with Gasteiger partial charge in [0.25, 0.3) is 0 Å². The van der Waals surface area contributed by atoms with Gasteiger partial charge in [-0.05, 0) is 25.1 Å². The molecule has 1 unspecified atom stereocenters. The average Bonchev–Trinajstić information content (AvgIpc) is 2.39. The van der Waals surface area contributed by atoms with E-state index in [0.717, 1.165) is 23.7 Å². The Kier molecular flexibility index (Phi) is 4.51. The van der Waals surface area contributed by atoms with Crippen LogP contribution < -0.4 is 10.6 Å². The van der Waals surface area contributed by atoms with E-state index in [2.05, 4.69) is 11.8 Å². The SMILES string of the molecule is CC1CSCCN1c1ccc(S(=O)(=O)N(C)C)cc1N. The van der Waals surface area contributed by atoms with Crippen LogP contribution in [0.25, 0.3) is 0 Å². The van der Waals surface area contributed by atoms with Gasteiger partial charge in [-0.2, -0.15) is 11.8 Å². The van der Waals surface area contributed by atoms with Gasteiger partial charge in [-0.15, -0.1) is 0 Å². The van der Waals surface area contributed by atoms with Crippen molar-refractivity contribution < 1.29 is 8.42 Å². The highest BCUT2D eigenvalue weighted by atomic mass is 32.2. The Bertz CT molecular complexity index is 587. The molecule has 5 nitrogen and oxygen atoms in total. The highest BCUT2D eigenvalue weighted by Gasteiger charge is 2.23. The van der Waals surface area contributed by atoms with Crippen LogP contribution in [0.15, 0.2) is 23.1 Å². The van der Waals surface area contributed by atoms with Crippen LogP contribution in [-0.2, 0) is 10.0 Å². The molecule has 1 aliphatic rings. The molecule has 112 valence electrons. The second-order valence-corrected chi connectivity index (χ2v) is 8.43. The largest absolute Gasteiger partial charge is 0.397 e. The summed E-state index contributed by atoms with van der Waals surface area (Å²) >= 11 is 1.93. The molecule has 0 radical (unpaired) electrons. The standard InChI is InChI=1S/C13H21N3O2S2/c1-10-9-19-7-6-16(10)13-5-4-11(8-12(13)14)20(17,18)15(2)3/h4-5,8,10H,6-7,9,14H2,1-3H3. The van der Waals surface area contributed by atoms with Gasteiger partial charge in [0.1, 0.15) is 0 Å². The molecule has 0 spiro atoms. The van der Waals surface area contributed by atoms with Crippen molar-refractivity contribution >= 4 is 33.2 Å². The lowest BCUT2D eigenvalue weighted by Gasteiger charge is -2.35. The number of sulfonamides is 1. The van der Waals surface area contributed by atoms with E-state index in [0.29, 0.717) is 11.7 Å². The molecule has 0 bridgehead atoms. The van der Waals surface area contributed by atoms with Crippen molar-refractivity contribution in [3.63, 3.8) is 0 Å². The second-order valence-electron chi connectivity index (χ2n) is 5.13. The molecule has 1 aromatic carbocycles. The summed E-state index contributed by atoms with van der Waals surface area (Å²) in [6, 6.07) is 5.42. The summed E-state index contributed by atoms with van der Waals surface area (Å²) in [5.74, 6) is 2.14. The molecular weight excluding hydrogens is 294 g/mol. The van der Waals surface area contributed by atoms with Crippen LogP contribution in [0.4, 0.5) is 11.4 Å². The molecule has 0 aromatic heterocycles. The minimum absolute atomic E-state index is 0.239. The summed E-state index contributed by atoms with van der Waals surface area (Å²) < 4.78 is 25.4. The maximum atomic E-state index is 12.1. The lowest BCUT2D eigenvalue weighted by Crippen LogP contribution is -2.40. The van der Waals surface area contributed by atoms with Crippen LogP contribution in [0.3, 0.4) is 0 Å². The van der Waals surface area contributed by atoms with Crippen LogP contribution in [0.5, 0.6) is 0 Å². The van der Waals surface area contributed by atoms with Gasteiger partial charge < -0.3 is 10.6 Å². The monoisotopic (exact) mass is 315 g/mol. The van der Waals surface area contributed by atoms with E-state index >= 15 is 0 Å². The summed E-state index contributed by atoms with van der Waals surface area (Å²) in [7, 11) is -0.395. The minimum Gasteiger partial charge on any atom is -0.397 e. The predicted octanol–water partition coefficient (Wildman–Crippen LogP) is 1.46. The molecule has 0 aliphatic carbocycles. The van der Waals surface area contributed by atoms with E-state index < -0.39 is 10.0 Å². The van der Waals surface area contributed by atoms with E-state index in [9.17, 15) is 8.42 Å². The van der Waals surface area contributed by atoms with E-state index in [1.54, 1.807) is 12.1 Å². The first-order valence-corrected chi connectivity index (χ1v) is 9.10. The third kappa shape index (κ3) is 2.89. The zero-order chi connectivity index (χ0) is 14.9. The molecule has 1 saturated heterocycles. The van der Waals surface area contributed by atoms with E-state index in [1.807, 2.05) is 17.8 Å². The Hall–Kier alpha value is -0.920. The minimum atomic E-state index is -3.43. The summed E-state index contributed by atoms with van der Waals surface area (Å²) in [6.07, 6.45) is 0. The predicted molar refractivity (Wildman–Crippen MR) is 85.9 cm³/mol. The van der Waals surface area contributed by atoms with Crippen LogP contribution in [0.2, 0.25) is 0 Å². The molecule has 1 heterocycles. The number of nitrogen functional groups attached to an aromatic ring is 1. The van der Waals surface area contributed by atoms with Crippen molar-refractivity contribution in [3.8, 4) is 0 Å². The summed E-state index contributed by atoms with van der Waals surface area (Å²) in [4.78, 5) is 2.49. The van der Waals surface area contributed by atoms with E-state index in [1.165, 1.54) is 18.4 Å². The average molecular weight is 315 g/mol. The Morgan fingerprint density at radius 1 is 1.40 bits per heavy atom. The van der Waals surface area contributed by atoms with Gasteiger partial charge in [-0.1, -0.05) is 0 Å². The molecule has 0 saturated carbocycles. The first kappa shape index (κ1) is 15.5. The van der Waals surface area contributed by atoms with E-state index in [4.69, 9.17) is 5.73 Å². The van der Waals surface area contributed by atoms with Crippen LogP contribution in [0, 0.1) is 0 Å². The van der Waals surface area contributed by atoms with Crippen LogP contribution >= 0.6 is 11.8 Å². The molecule has 1 atom stereocenters. The molecular formula is C13H21N3O2S2. The van der Waals surface area contributed by atoms with Crippen molar-refractivity contribution in [2.24, 2.45) is 0 Å². The Labute approximate surface area is 125 Å². The first-order chi connectivity index (χ1) is 9.34. The van der Waals surface area contributed by atoms with Gasteiger partial charge in [0.05, 0.1) is 16.3 Å². The molecule has 20 heavy (non-hydrogen) atoms. The Morgan fingerprint density at radius 2 is 2.10 bits per heavy atom. The quantitative estimate of drug-likeness (QED) is 0.856. The van der Waals surface area contributed by atoms with Crippen molar-refractivity contribution in [1.82, 2.24) is 4.31 Å². The Morgan fingerprint density at radius 3 is 2.65 bits per heavy atom. The normalized spacial score (nSPS) is 20.4. The topological polar surface area (TPSA) is 66.6 Å². The number of anilines is 2. The molecule has 1 aliphatic heterocycles. The number of thioether (sulfide) groups is 1. The van der Waals surface area contributed by atoms with Crippen molar-refractivity contribution in [3.05, 3.63) is 18.2 Å². The highest BCUT2D eigenvalue weighted by Crippen LogP contribution is 2.31. The van der Waals surface area contributed by atoms with Gasteiger partial charge in [0.15, 0.2) is 0 Å². The smallest absolute Gasteiger partial charge is 0.242 e. The van der Waals surface area contributed by atoms with Gasteiger partial charge in [-0.25, -0.2) is 12.7 Å². The van der Waals surface area contributed by atoms with Crippen molar-refractivity contribution in [1.29, 1.82) is 0 Å². The lowest BCUT2D eigenvalue weighted by atomic mass is 10.2. The summed E-state index contributed by atoms with van der Waals surface area (Å²) in [5.41, 5.74) is 7.53. The van der Waals surface area contributed by atoms with Crippen molar-refractivity contribution in [2.75, 3.05) is 42.8 Å². The molecule has 0 amide bonds. The van der Waals surface area contributed by atoms with E-state index in [-0.39, 0.29) is 4.90 Å². The summed E-state index contributed by atoms with van der Waals surface area (Å²) in [6.45, 7) is 3.10. The van der Waals surface area contributed by atoms with Gasteiger partial charge in [-0.3, -0.25) is 0 Å². The zero-order valence-electron chi connectivity index (χ0n) is 12.0. The van der Waals surface area contributed by atoms with Gasteiger partial charge in [0, 0.05) is 38.2 Å². The molecule has 2 rings (SSSR count). The number of rotatable bonds is 3. The highest BCUT2D eigenvalue weighted by molar-refractivity contribution is 7.99. The van der Waals surface area contributed by atoms with Crippen molar-refractivity contribution in [2.45, 2.75) is 17.9 Å². The number of nitrogens with zero attached hydrogens (tertiary/aromatic N) is 2. The summed E-state index contributed by atoms with van der Waals surface area (Å²) in [5, 5.41) is 0.